The summed E-state index contributed by atoms with van der Waals surface area (Å²) in [6.07, 6.45) is 1.55. The van der Waals surface area contributed by atoms with Crippen LogP contribution in [0.1, 0.15) is 17.0 Å². The molecule has 2 rings (SSSR count). The molecule has 0 saturated heterocycles. The number of anilines is 1. The molecule has 25 heavy (non-hydrogen) atoms. The molecule has 0 unspecified atom stereocenters. The first-order chi connectivity index (χ1) is 12.1. The van der Waals surface area contributed by atoms with Gasteiger partial charge in [0.1, 0.15) is 5.69 Å². The van der Waals surface area contributed by atoms with Crippen molar-refractivity contribution in [1.29, 1.82) is 0 Å². The fourth-order valence-corrected chi connectivity index (χ4v) is 2.05. The van der Waals surface area contributed by atoms with Gasteiger partial charge in [-0.2, -0.15) is 0 Å². The third kappa shape index (κ3) is 5.65. The van der Waals surface area contributed by atoms with Crippen LogP contribution in [0.3, 0.4) is 0 Å². The van der Waals surface area contributed by atoms with Crippen LogP contribution in [0.5, 0.6) is 0 Å². The molecule has 0 aliphatic rings. The Balaban J connectivity index is 1.63. The van der Waals surface area contributed by atoms with Crippen LogP contribution in [0.15, 0.2) is 47.1 Å². The van der Waals surface area contributed by atoms with Crippen molar-refractivity contribution in [3.8, 4) is 0 Å². The second-order valence-corrected chi connectivity index (χ2v) is 5.03. The van der Waals surface area contributed by atoms with Gasteiger partial charge in [0.05, 0.1) is 11.2 Å². The number of benzene rings is 1. The number of nitro groups is 1. The lowest BCUT2D eigenvalue weighted by Crippen LogP contribution is -2.35. The van der Waals surface area contributed by atoms with Gasteiger partial charge >= 0.3 is 0 Å². The molecule has 0 aliphatic carbocycles. The zero-order valence-corrected chi connectivity index (χ0v) is 13.4. The molecule has 0 radical (unpaired) electrons. The van der Waals surface area contributed by atoms with Crippen molar-refractivity contribution in [2.24, 2.45) is 0 Å². The summed E-state index contributed by atoms with van der Waals surface area (Å²) in [7, 11) is 0. The molecule has 3 N–H and O–H groups in total. The SMILES string of the molecule is O=C(CCNc1ccccc1[N+](=O)[O-])NCCNC(=O)c1ccco1. The van der Waals surface area contributed by atoms with Crippen LogP contribution >= 0.6 is 0 Å². The van der Waals surface area contributed by atoms with Gasteiger partial charge in [0.25, 0.3) is 11.6 Å². The van der Waals surface area contributed by atoms with Crippen LogP contribution in [-0.4, -0.2) is 36.4 Å². The van der Waals surface area contributed by atoms with Crippen LogP contribution < -0.4 is 16.0 Å². The number of furan rings is 1. The largest absolute Gasteiger partial charge is 0.459 e. The number of hydrogen-bond acceptors (Lipinski definition) is 6. The van der Waals surface area contributed by atoms with Gasteiger partial charge < -0.3 is 20.4 Å². The monoisotopic (exact) mass is 346 g/mol. The van der Waals surface area contributed by atoms with Crippen molar-refractivity contribution in [2.75, 3.05) is 25.0 Å². The van der Waals surface area contributed by atoms with Gasteiger partial charge in [-0.25, -0.2) is 0 Å². The second kappa shape index (κ2) is 9.06. The minimum absolute atomic E-state index is 0.0384. The maximum atomic E-state index is 11.7. The molecule has 0 fully saturated rings. The van der Waals surface area contributed by atoms with E-state index < -0.39 is 4.92 Å². The number of amides is 2. The number of nitrogens with one attached hydrogen (secondary N) is 3. The van der Waals surface area contributed by atoms with Crippen LogP contribution in [0.2, 0.25) is 0 Å². The Morgan fingerprint density at radius 3 is 2.52 bits per heavy atom. The quantitative estimate of drug-likeness (QED) is 0.359. The second-order valence-electron chi connectivity index (χ2n) is 5.03. The van der Waals surface area contributed by atoms with E-state index in [-0.39, 0.29) is 49.3 Å². The summed E-state index contributed by atoms with van der Waals surface area (Å²) in [5.41, 5.74) is 0.328. The summed E-state index contributed by atoms with van der Waals surface area (Å²) in [4.78, 5) is 33.7. The summed E-state index contributed by atoms with van der Waals surface area (Å²) >= 11 is 0. The van der Waals surface area contributed by atoms with Gasteiger partial charge in [-0.3, -0.25) is 19.7 Å². The highest BCUT2D eigenvalue weighted by atomic mass is 16.6. The number of para-hydroxylation sites is 2. The molecular weight excluding hydrogens is 328 g/mol. The highest BCUT2D eigenvalue weighted by Gasteiger charge is 2.12. The minimum Gasteiger partial charge on any atom is -0.459 e. The Kier molecular flexibility index (Phi) is 6.52. The summed E-state index contributed by atoms with van der Waals surface area (Å²) in [6.45, 7) is 0.801. The smallest absolute Gasteiger partial charge is 0.292 e. The molecule has 0 bridgehead atoms. The number of hydrogen-bond donors (Lipinski definition) is 3. The predicted molar refractivity (Wildman–Crippen MR) is 90.3 cm³/mol. The molecule has 1 aromatic carbocycles. The summed E-state index contributed by atoms with van der Waals surface area (Å²) in [6, 6.07) is 9.39. The van der Waals surface area contributed by atoms with Crippen molar-refractivity contribution in [2.45, 2.75) is 6.42 Å². The Labute approximate surface area is 143 Å². The van der Waals surface area contributed by atoms with Crippen molar-refractivity contribution in [3.63, 3.8) is 0 Å². The van der Waals surface area contributed by atoms with Crippen molar-refractivity contribution in [3.05, 3.63) is 58.5 Å². The number of nitrogens with zero attached hydrogens (tertiary/aromatic N) is 1. The van der Waals surface area contributed by atoms with Crippen molar-refractivity contribution < 1.29 is 18.9 Å². The normalized spacial score (nSPS) is 10.1. The minimum atomic E-state index is -0.482. The van der Waals surface area contributed by atoms with Gasteiger partial charge in [-0.15, -0.1) is 0 Å². The highest BCUT2D eigenvalue weighted by Crippen LogP contribution is 2.22. The number of carbonyl (C=O) groups excluding carboxylic acids is 2. The maximum Gasteiger partial charge on any atom is 0.292 e. The predicted octanol–water partition coefficient (Wildman–Crippen LogP) is 1.54. The molecule has 132 valence electrons. The molecule has 9 nitrogen and oxygen atoms in total. The average Bonchev–Trinajstić information content (AvgIpc) is 3.13. The van der Waals surface area contributed by atoms with E-state index in [1.165, 1.54) is 12.3 Å². The lowest BCUT2D eigenvalue weighted by molar-refractivity contribution is -0.384. The first-order valence-electron chi connectivity index (χ1n) is 7.63. The first-order valence-corrected chi connectivity index (χ1v) is 7.63. The zero-order chi connectivity index (χ0) is 18.1. The summed E-state index contributed by atoms with van der Waals surface area (Å²) in [5, 5.41) is 19.0. The molecule has 0 saturated carbocycles. The van der Waals surface area contributed by atoms with Gasteiger partial charge in [0.15, 0.2) is 5.76 Å². The molecule has 0 spiro atoms. The standard InChI is InChI=1S/C16H18N4O5/c21-15(18-9-10-19-16(22)14-6-3-11-25-14)7-8-17-12-4-1-2-5-13(12)20(23)24/h1-6,11,17H,7-10H2,(H,18,21)(H,19,22). The van der Waals surface area contributed by atoms with Crippen molar-refractivity contribution in [1.82, 2.24) is 10.6 Å². The maximum absolute atomic E-state index is 11.7. The van der Waals surface area contributed by atoms with Crippen LogP contribution in [0, 0.1) is 10.1 Å². The molecule has 0 aliphatic heterocycles. The number of rotatable bonds is 9. The Bertz CT molecular complexity index is 730. The van der Waals surface area contributed by atoms with Crippen LogP contribution in [-0.2, 0) is 4.79 Å². The van der Waals surface area contributed by atoms with Gasteiger partial charge in [-0.05, 0) is 18.2 Å². The fraction of sp³-hybridized carbons (Fsp3) is 0.250. The Morgan fingerprint density at radius 1 is 1.04 bits per heavy atom. The van der Waals surface area contributed by atoms with Crippen LogP contribution in [0.25, 0.3) is 0 Å². The van der Waals surface area contributed by atoms with Crippen molar-refractivity contribution >= 4 is 23.2 Å². The lowest BCUT2D eigenvalue weighted by Gasteiger charge is -2.08. The lowest BCUT2D eigenvalue weighted by atomic mass is 10.2. The topological polar surface area (TPSA) is 127 Å². The van der Waals surface area contributed by atoms with E-state index in [4.69, 9.17) is 4.42 Å². The van der Waals surface area contributed by atoms with E-state index in [2.05, 4.69) is 16.0 Å². The van der Waals surface area contributed by atoms with Gasteiger partial charge in [0, 0.05) is 32.1 Å². The summed E-state index contributed by atoms with van der Waals surface area (Å²) in [5.74, 6) is -0.365. The average molecular weight is 346 g/mol. The zero-order valence-electron chi connectivity index (χ0n) is 13.4. The first kappa shape index (κ1) is 18.0. The van der Waals surface area contributed by atoms with E-state index in [1.807, 2.05) is 0 Å². The Hall–Kier alpha value is -3.36. The van der Waals surface area contributed by atoms with Crippen LogP contribution in [0.4, 0.5) is 11.4 Å². The molecule has 1 heterocycles. The molecular formula is C16H18N4O5. The van der Waals surface area contributed by atoms with E-state index in [1.54, 1.807) is 30.3 Å². The Morgan fingerprint density at radius 2 is 1.80 bits per heavy atom. The van der Waals surface area contributed by atoms with E-state index in [0.29, 0.717) is 5.69 Å². The summed E-state index contributed by atoms with van der Waals surface area (Å²) < 4.78 is 4.94. The third-order valence-corrected chi connectivity index (χ3v) is 3.25. The molecule has 0 atom stereocenters. The van der Waals surface area contributed by atoms with Gasteiger partial charge in [0.2, 0.25) is 5.91 Å². The van der Waals surface area contributed by atoms with Gasteiger partial charge in [-0.1, -0.05) is 12.1 Å². The fourth-order valence-electron chi connectivity index (χ4n) is 2.05. The number of carbonyl (C=O) groups is 2. The highest BCUT2D eigenvalue weighted by molar-refractivity contribution is 5.91. The molecule has 2 amide bonds. The van der Waals surface area contributed by atoms with E-state index in [0.717, 1.165) is 0 Å². The van der Waals surface area contributed by atoms with E-state index in [9.17, 15) is 19.7 Å². The van der Waals surface area contributed by atoms with E-state index >= 15 is 0 Å². The number of nitro benzene ring substituents is 1. The molecule has 1 aromatic heterocycles. The molecule has 9 heteroatoms. The third-order valence-electron chi connectivity index (χ3n) is 3.25. The molecule has 2 aromatic rings.